The number of aliphatic carboxylic acids is 1. The number of hydrogen-bond donors (Lipinski definition) is 2. The highest BCUT2D eigenvalue weighted by molar-refractivity contribution is 6.01. The Balaban J connectivity index is 1.14. The van der Waals surface area contributed by atoms with Gasteiger partial charge in [0, 0.05) is 29.9 Å². The van der Waals surface area contributed by atoms with Crippen LogP contribution in [0.4, 0.5) is 0 Å². The Morgan fingerprint density at radius 2 is 1.78 bits per heavy atom. The van der Waals surface area contributed by atoms with E-state index in [0.717, 1.165) is 56.9 Å². The first-order valence-corrected chi connectivity index (χ1v) is 20.3. The summed E-state index contributed by atoms with van der Waals surface area (Å²) in [5, 5.41) is 23.5. The second kappa shape index (κ2) is 12.9. The first kappa shape index (κ1) is 38.5. The maximum Gasteiger partial charge on any atom is 0.309 e. The van der Waals surface area contributed by atoms with E-state index in [4.69, 9.17) is 9.47 Å². The zero-order valence-electron chi connectivity index (χ0n) is 33.8. The molecule has 5 unspecified atom stereocenters. The predicted octanol–water partition coefficient (Wildman–Crippen LogP) is 8.67. The number of esters is 1. The lowest BCUT2D eigenvalue weighted by Gasteiger charge is -2.72. The fourth-order valence-electron chi connectivity index (χ4n) is 13.2. The molecule has 0 spiro atoms. The number of Topliss-reactive ketones (excluding diaryl/α,β-unsaturated/α-hetero) is 1. The summed E-state index contributed by atoms with van der Waals surface area (Å²) in [6.45, 7) is 19.7. The molecule has 10 nitrogen and oxygen atoms in total. The highest BCUT2D eigenvalue weighted by Gasteiger charge is 2.70. The summed E-state index contributed by atoms with van der Waals surface area (Å²) >= 11 is 0. The Morgan fingerprint density at radius 1 is 1.04 bits per heavy atom. The van der Waals surface area contributed by atoms with E-state index in [1.165, 1.54) is 5.57 Å². The van der Waals surface area contributed by atoms with Crippen molar-refractivity contribution in [3.8, 4) is 6.07 Å². The number of aromatic nitrogens is 1. The molecular weight excluding hydrogens is 681 g/mol. The highest BCUT2D eigenvalue weighted by atomic mass is 16.5. The number of carbonyl (C=O) groups excluding carboxylic acids is 2. The summed E-state index contributed by atoms with van der Waals surface area (Å²) in [5.74, 6) is 0.775. The SMILES string of the molecule is CC(C)C1=C2C3CC[C@@H]4C5(C)CCC(OC(=O)CC(C)(C)C(=O)O)C(C)(C)[C@@H]5CCC4(C)[C@]3(C)CC[C@@]2(CC2=NNC(c3ccc(C#N)cn3)O2)CC1=O. The minimum absolute atomic E-state index is 0.00883. The number of nitriles is 1. The standard InChI is InChI=1S/C44H60N4O6/c1-25(2)35-29(49)20-44(21-33-47-48-37(54-33)28-12-10-26(23-45)24-46-28)19-18-42(8)27(36(35)44)11-13-31-41(7)16-15-32(53-34(50)22-39(3,4)38(51)52)40(5,6)30(41)14-17-43(31,42)9/h10,12,24-25,27,30-32,37,48H,11,13-22H2,1-9H3,(H,51,52)/t27?,30-,31+,32?,37?,41?,42+,43?,44-/m0/s1. The number of hydrogen-bond acceptors (Lipinski definition) is 9. The number of ketones is 1. The van der Waals surface area contributed by atoms with Crippen molar-refractivity contribution in [1.29, 1.82) is 5.26 Å². The van der Waals surface area contributed by atoms with Crippen LogP contribution in [-0.2, 0) is 23.9 Å². The fraction of sp³-hybridized carbons (Fsp3) is 0.727. The Morgan fingerprint density at radius 3 is 2.43 bits per heavy atom. The molecule has 2 heterocycles. The van der Waals surface area contributed by atoms with Crippen molar-refractivity contribution in [2.45, 2.75) is 145 Å². The molecule has 4 saturated carbocycles. The predicted molar refractivity (Wildman–Crippen MR) is 203 cm³/mol. The molecule has 0 aromatic carbocycles. The van der Waals surface area contributed by atoms with E-state index < -0.39 is 23.6 Å². The van der Waals surface area contributed by atoms with Gasteiger partial charge in [-0.05, 0) is 123 Å². The van der Waals surface area contributed by atoms with Crippen molar-refractivity contribution < 1.29 is 29.0 Å². The number of ether oxygens (including phenoxy) is 2. The molecule has 1 aromatic heterocycles. The molecule has 54 heavy (non-hydrogen) atoms. The maximum atomic E-state index is 14.1. The maximum absolute atomic E-state index is 14.1. The lowest BCUT2D eigenvalue weighted by Crippen LogP contribution is -2.65. The van der Waals surface area contributed by atoms with Gasteiger partial charge in [0.25, 0.3) is 0 Å². The van der Waals surface area contributed by atoms with Gasteiger partial charge in [-0.25, -0.2) is 0 Å². The van der Waals surface area contributed by atoms with E-state index in [-0.39, 0.29) is 51.3 Å². The van der Waals surface area contributed by atoms with Gasteiger partial charge in [-0.15, -0.1) is 5.10 Å². The minimum Gasteiger partial charge on any atom is -0.481 e. The van der Waals surface area contributed by atoms with Crippen molar-refractivity contribution in [1.82, 2.24) is 10.4 Å². The van der Waals surface area contributed by atoms with Crippen LogP contribution in [0.5, 0.6) is 0 Å². The lowest BCUT2D eigenvalue weighted by molar-refractivity contribution is -0.233. The Hall–Kier alpha value is -3.74. The van der Waals surface area contributed by atoms with Gasteiger partial charge in [-0.1, -0.05) is 54.0 Å². The van der Waals surface area contributed by atoms with Crippen LogP contribution in [0.3, 0.4) is 0 Å². The molecule has 292 valence electrons. The molecule has 1 aromatic rings. The number of carboxylic acid groups (broad SMARTS) is 1. The third-order valence-electron chi connectivity index (χ3n) is 16.2. The molecule has 10 heteroatoms. The van der Waals surface area contributed by atoms with E-state index in [2.05, 4.69) is 70.0 Å². The summed E-state index contributed by atoms with van der Waals surface area (Å²) in [4.78, 5) is 43.4. The second-order valence-electron chi connectivity index (χ2n) is 20.1. The Kier molecular flexibility index (Phi) is 9.21. The summed E-state index contributed by atoms with van der Waals surface area (Å²) in [5.41, 5.74) is 5.09. The quantitative estimate of drug-likeness (QED) is 0.250. The van der Waals surface area contributed by atoms with Gasteiger partial charge >= 0.3 is 11.9 Å². The monoisotopic (exact) mass is 740 g/mol. The normalized spacial score (nSPS) is 38.2. The van der Waals surface area contributed by atoms with Gasteiger partial charge in [0.15, 0.2) is 5.78 Å². The molecule has 2 N–H and O–H groups in total. The zero-order valence-corrected chi connectivity index (χ0v) is 33.8. The molecule has 0 bridgehead atoms. The fourth-order valence-corrected chi connectivity index (χ4v) is 13.2. The minimum atomic E-state index is -1.17. The Bertz CT molecular complexity index is 1840. The van der Waals surface area contributed by atoms with Gasteiger partial charge in [-0.2, -0.15) is 5.26 Å². The summed E-state index contributed by atoms with van der Waals surface area (Å²) in [7, 11) is 0. The number of nitrogens with zero attached hydrogens (tertiary/aromatic N) is 3. The third-order valence-corrected chi connectivity index (χ3v) is 16.2. The van der Waals surface area contributed by atoms with Crippen molar-refractivity contribution in [3.05, 3.63) is 40.7 Å². The van der Waals surface area contributed by atoms with Crippen LogP contribution >= 0.6 is 0 Å². The van der Waals surface area contributed by atoms with Crippen LogP contribution in [0, 0.1) is 67.5 Å². The molecule has 9 atom stereocenters. The van der Waals surface area contributed by atoms with Gasteiger partial charge in [-0.3, -0.25) is 24.8 Å². The molecule has 7 rings (SSSR count). The van der Waals surface area contributed by atoms with Crippen LogP contribution in [0.15, 0.2) is 34.6 Å². The first-order chi connectivity index (χ1) is 25.2. The number of nitrogens with one attached hydrogen (secondary N) is 1. The molecule has 5 aliphatic carbocycles. The summed E-state index contributed by atoms with van der Waals surface area (Å²) < 4.78 is 12.6. The number of carbonyl (C=O) groups is 3. The summed E-state index contributed by atoms with van der Waals surface area (Å²) in [6, 6.07) is 5.63. The van der Waals surface area contributed by atoms with E-state index in [1.807, 2.05) is 0 Å². The zero-order chi connectivity index (χ0) is 39.2. The second-order valence-corrected chi connectivity index (χ2v) is 20.1. The van der Waals surface area contributed by atoms with E-state index >= 15 is 0 Å². The number of pyridine rings is 1. The van der Waals surface area contributed by atoms with Crippen molar-refractivity contribution in [2.75, 3.05) is 0 Å². The van der Waals surface area contributed by atoms with E-state index in [1.54, 1.807) is 32.2 Å². The molecule has 0 saturated heterocycles. The summed E-state index contributed by atoms with van der Waals surface area (Å²) in [6.07, 6.45) is 9.71. The van der Waals surface area contributed by atoms with Crippen LogP contribution in [0.25, 0.3) is 0 Å². The van der Waals surface area contributed by atoms with Crippen LogP contribution in [0.1, 0.15) is 150 Å². The van der Waals surface area contributed by atoms with Gasteiger partial charge < -0.3 is 14.6 Å². The molecular formula is C44H60N4O6. The van der Waals surface area contributed by atoms with Gasteiger partial charge in [0.1, 0.15) is 17.9 Å². The topological polar surface area (TPSA) is 151 Å². The number of rotatable bonds is 8. The van der Waals surface area contributed by atoms with Crippen molar-refractivity contribution in [3.63, 3.8) is 0 Å². The van der Waals surface area contributed by atoms with Crippen molar-refractivity contribution >= 4 is 23.6 Å². The first-order valence-electron chi connectivity index (χ1n) is 20.3. The van der Waals surface area contributed by atoms with Gasteiger partial charge in [0.2, 0.25) is 12.1 Å². The van der Waals surface area contributed by atoms with Crippen molar-refractivity contribution in [2.24, 2.45) is 61.3 Å². The third kappa shape index (κ3) is 5.72. The lowest BCUT2D eigenvalue weighted by atomic mass is 9.33. The smallest absolute Gasteiger partial charge is 0.309 e. The molecule has 1 aliphatic heterocycles. The largest absolute Gasteiger partial charge is 0.481 e. The highest BCUT2D eigenvalue weighted by Crippen LogP contribution is 2.77. The molecule has 6 aliphatic rings. The van der Waals surface area contributed by atoms with Crippen LogP contribution < -0.4 is 5.43 Å². The number of hydrazone groups is 1. The number of fused-ring (bicyclic) bond motifs is 7. The molecule has 0 amide bonds. The van der Waals surface area contributed by atoms with E-state index in [0.29, 0.717) is 47.8 Å². The van der Waals surface area contributed by atoms with Gasteiger partial charge in [0.05, 0.1) is 17.4 Å². The van der Waals surface area contributed by atoms with Crippen LogP contribution in [-0.4, -0.2) is 39.8 Å². The number of allylic oxidation sites excluding steroid dienone is 2. The average Bonchev–Trinajstić information content (AvgIpc) is 3.67. The Labute approximate surface area is 320 Å². The van der Waals surface area contributed by atoms with E-state index in [9.17, 15) is 24.8 Å². The number of carboxylic acids is 1. The van der Waals surface area contributed by atoms with Crippen LogP contribution in [0.2, 0.25) is 0 Å². The molecule has 0 radical (unpaired) electrons. The average molecular weight is 741 g/mol. The molecule has 4 fully saturated rings.